The van der Waals surface area contributed by atoms with Crippen LogP contribution < -0.4 is 4.74 Å². The van der Waals surface area contributed by atoms with Crippen LogP contribution in [0.2, 0.25) is 0 Å². The number of hydrogen-bond acceptors (Lipinski definition) is 4. The summed E-state index contributed by atoms with van der Waals surface area (Å²) in [6.45, 7) is 2.52. The van der Waals surface area contributed by atoms with Gasteiger partial charge in [-0.3, -0.25) is 0 Å². The maximum atomic E-state index is 12.7. The Morgan fingerprint density at radius 2 is 1.43 bits per heavy atom. The van der Waals surface area contributed by atoms with Crippen molar-refractivity contribution in [2.75, 3.05) is 6.61 Å². The fraction of sp³-hybridized carbons (Fsp3) is 0.231. The molecule has 0 spiro atoms. The highest BCUT2D eigenvalue weighted by molar-refractivity contribution is 5.96. The monoisotopic (exact) mass is 402 g/mol. The Morgan fingerprint density at radius 3 is 2.20 bits per heavy atom. The molecule has 154 valence electrons. The van der Waals surface area contributed by atoms with Crippen molar-refractivity contribution in [3.05, 3.63) is 90.0 Å². The van der Waals surface area contributed by atoms with E-state index in [1.807, 2.05) is 48.5 Å². The third kappa shape index (κ3) is 5.80. The zero-order chi connectivity index (χ0) is 21.2. The average Bonchev–Trinajstić information content (AvgIpc) is 2.80. The summed E-state index contributed by atoms with van der Waals surface area (Å²) in [6.07, 6.45) is 4.14. The molecule has 3 rings (SSSR count). The zero-order valence-corrected chi connectivity index (χ0v) is 17.2. The van der Waals surface area contributed by atoms with Gasteiger partial charge in [0.1, 0.15) is 5.75 Å². The molecule has 0 unspecified atom stereocenters. The van der Waals surface area contributed by atoms with E-state index in [9.17, 15) is 9.59 Å². The van der Waals surface area contributed by atoms with Gasteiger partial charge < -0.3 is 9.47 Å². The minimum absolute atomic E-state index is 0.304. The predicted octanol–water partition coefficient (Wildman–Crippen LogP) is 6.31. The van der Waals surface area contributed by atoms with E-state index in [1.165, 1.54) is 6.07 Å². The lowest BCUT2D eigenvalue weighted by Gasteiger charge is -2.11. The molecule has 0 saturated carbocycles. The number of carbonyl (C=O) groups excluding carboxylic acids is 2. The van der Waals surface area contributed by atoms with Crippen LogP contribution in [-0.4, -0.2) is 18.5 Å². The van der Waals surface area contributed by atoms with E-state index in [0.717, 1.165) is 36.8 Å². The van der Waals surface area contributed by atoms with Gasteiger partial charge in [0.15, 0.2) is 0 Å². The van der Waals surface area contributed by atoms with E-state index >= 15 is 0 Å². The number of carbonyl (C=O) groups is 2. The van der Waals surface area contributed by atoms with Crippen molar-refractivity contribution < 1.29 is 19.1 Å². The molecule has 0 atom stereocenters. The number of ether oxygens (including phenoxy) is 2. The number of para-hydroxylation sites is 1. The SMILES string of the molecule is CCCCCCOC(=O)c1cccc(C(=O)Oc2ccccc2-c2ccccc2)c1. The lowest BCUT2D eigenvalue weighted by molar-refractivity contribution is 0.0498. The van der Waals surface area contributed by atoms with Crippen LogP contribution in [-0.2, 0) is 4.74 Å². The highest BCUT2D eigenvalue weighted by atomic mass is 16.5. The number of benzene rings is 3. The van der Waals surface area contributed by atoms with Gasteiger partial charge in [0.2, 0.25) is 0 Å². The maximum Gasteiger partial charge on any atom is 0.343 e. The number of esters is 2. The van der Waals surface area contributed by atoms with Crippen molar-refractivity contribution in [2.45, 2.75) is 32.6 Å². The Labute approximate surface area is 177 Å². The van der Waals surface area contributed by atoms with Gasteiger partial charge in [-0.15, -0.1) is 0 Å². The van der Waals surface area contributed by atoms with Crippen molar-refractivity contribution in [1.82, 2.24) is 0 Å². The van der Waals surface area contributed by atoms with Crippen LogP contribution in [0.15, 0.2) is 78.9 Å². The zero-order valence-electron chi connectivity index (χ0n) is 17.2. The first-order valence-electron chi connectivity index (χ1n) is 10.3. The van der Waals surface area contributed by atoms with Crippen molar-refractivity contribution in [1.29, 1.82) is 0 Å². The molecular weight excluding hydrogens is 376 g/mol. The van der Waals surface area contributed by atoms with E-state index in [1.54, 1.807) is 24.3 Å². The molecule has 4 heteroatoms. The summed E-state index contributed by atoms with van der Waals surface area (Å²) in [5.74, 6) is -0.473. The third-order valence-corrected chi connectivity index (χ3v) is 4.74. The van der Waals surface area contributed by atoms with Crippen molar-refractivity contribution in [2.24, 2.45) is 0 Å². The molecule has 0 fully saturated rings. The molecule has 0 heterocycles. The molecule has 3 aromatic rings. The van der Waals surface area contributed by atoms with Crippen LogP contribution in [0.4, 0.5) is 0 Å². The van der Waals surface area contributed by atoms with E-state index in [4.69, 9.17) is 9.47 Å². The molecule has 0 aliphatic carbocycles. The first-order chi connectivity index (χ1) is 14.7. The van der Waals surface area contributed by atoms with Gasteiger partial charge in [0.05, 0.1) is 17.7 Å². The van der Waals surface area contributed by atoms with Gasteiger partial charge in [-0.25, -0.2) is 9.59 Å². The first-order valence-corrected chi connectivity index (χ1v) is 10.3. The standard InChI is InChI=1S/C26H26O4/c1-2-3-4-10-18-29-25(27)21-14-11-15-22(19-21)26(28)30-24-17-9-8-16-23(24)20-12-6-5-7-13-20/h5-9,11-17,19H,2-4,10,18H2,1H3. The highest BCUT2D eigenvalue weighted by Gasteiger charge is 2.15. The second-order valence-corrected chi connectivity index (χ2v) is 7.03. The van der Waals surface area contributed by atoms with Crippen LogP contribution >= 0.6 is 0 Å². The normalized spacial score (nSPS) is 10.4. The molecule has 0 N–H and O–H groups in total. The summed E-state index contributed by atoms with van der Waals surface area (Å²) in [7, 11) is 0. The molecule has 30 heavy (non-hydrogen) atoms. The van der Waals surface area contributed by atoms with Gasteiger partial charge in [0, 0.05) is 5.56 Å². The Hall–Kier alpha value is -3.40. The summed E-state index contributed by atoms with van der Waals surface area (Å²) in [4.78, 5) is 25.0. The second kappa shape index (κ2) is 11.0. The quantitative estimate of drug-likeness (QED) is 0.239. The van der Waals surface area contributed by atoms with Crippen molar-refractivity contribution >= 4 is 11.9 Å². The van der Waals surface area contributed by atoms with Gasteiger partial charge in [-0.05, 0) is 36.2 Å². The average molecular weight is 402 g/mol. The summed E-state index contributed by atoms with van der Waals surface area (Å²) in [5, 5.41) is 0. The summed E-state index contributed by atoms with van der Waals surface area (Å²) in [6, 6.07) is 23.6. The molecule has 4 nitrogen and oxygen atoms in total. The van der Waals surface area contributed by atoms with E-state index in [0.29, 0.717) is 23.5 Å². The molecule has 0 aliphatic rings. The Kier molecular flexibility index (Phi) is 7.78. The fourth-order valence-electron chi connectivity index (χ4n) is 3.12. The van der Waals surface area contributed by atoms with Gasteiger partial charge >= 0.3 is 11.9 Å². The number of rotatable bonds is 9. The van der Waals surface area contributed by atoms with Gasteiger partial charge in [-0.2, -0.15) is 0 Å². The lowest BCUT2D eigenvalue weighted by atomic mass is 10.0. The summed E-state index contributed by atoms with van der Waals surface area (Å²) < 4.78 is 11.0. The fourth-order valence-corrected chi connectivity index (χ4v) is 3.12. The van der Waals surface area contributed by atoms with Crippen LogP contribution in [0, 0.1) is 0 Å². The predicted molar refractivity (Wildman–Crippen MR) is 118 cm³/mol. The van der Waals surface area contributed by atoms with Crippen molar-refractivity contribution in [3.8, 4) is 16.9 Å². The number of hydrogen-bond donors (Lipinski definition) is 0. The van der Waals surface area contributed by atoms with E-state index in [-0.39, 0.29) is 0 Å². The minimum atomic E-state index is -0.518. The van der Waals surface area contributed by atoms with Gasteiger partial charge in [0.25, 0.3) is 0 Å². The summed E-state index contributed by atoms with van der Waals surface area (Å²) >= 11 is 0. The molecule has 3 aromatic carbocycles. The molecule has 0 saturated heterocycles. The van der Waals surface area contributed by atoms with Crippen LogP contribution in [0.1, 0.15) is 53.3 Å². The lowest BCUT2D eigenvalue weighted by Crippen LogP contribution is -2.12. The molecular formula is C26H26O4. The first kappa shape index (κ1) is 21.3. The molecule has 0 amide bonds. The third-order valence-electron chi connectivity index (χ3n) is 4.74. The molecule has 0 aliphatic heterocycles. The van der Waals surface area contributed by atoms with Crippen LogP contribution in [0.25, 0.3) is 11.1 Å². The Balaban J connectivity index is 1.69. The summed E-state index contributed by atoms with van der Waals surface area (Å²) in [5.41, 5.74) is 2.44. The van der Waals surface area contributed by atoms with Crippen LogP contribution in [0.5, 0.6) is 5.75 Å². The maximum absolute atomic E-state index is 12.7. The Bertz CT molecular complexity index is 979. The molecule has 0 radical (unpaired) electrons. The topological polar surface area (TPSA) is 52.6 Å². The van der Waals surface area contributed by atoms with Crippen LogP contribution in [0.3, 0.4) is 0 Å². The van der Waals surface area contributed by atoms with Crippen molar-refractivity contribution in [3.63, 3.8) is 0 Å². The van der Waals surface area contributed by atoms with E-state index < -0.39 is 11.9 Å². The second-order valence-electron chi connectivity index (χ2n) is 7.03. The number of unbranched alkanes of at least 4 members (excludes halogenated alkanes) is 3. The van der Waals surface area contributed by atoms with Gasteiger partial charge in [-0.1, -0.05) is 80.8 Å². The highest BCUT2D eigenvalue weighted by Crippen LogP contribution is 2.30. The smallest absolute Gasteiger partial charge is 0.343 e. The molecule has 0 bridgehead atoms. The largest absolute Gasteiger partial charge is 0.462 e. The minimum Gasteiger partial charge on any atom is -0.462 e. The Morgan fingerprint density at radius 1 is 0.733 bits per heavy atom. The van der Waals surface area contributed by atoms with E-state index in [2.05, 4.69) is 6.92 Å². The molecule has 0 aromatic heterocycles.